The van der Waals surface area contributed by atoms with Gasteiger partial charge in [0.25, 0.3) is 5.91 Å². The van der Waals surface area contributed by atoms with E-state index in [-0.39, 0.29) is 18.6 Å². The Bertz CT molecular complexity index is 895. The smallest absolute Gasteiger partial charge is 0.258 e. The van der Waals surface area contributed by atoms with E-state index in [1.165, 1.54) is 31.2 Å². The highest BCUT2D eigenvalue weighted by atomic mass is 16.5. The Kier molecular flexibility index (Phi) is 5.38. The van der Waals surface area contributed by atoms with Gasteiger partial charge in [0.05, 0.1) is 6.04 Å². The molecular formula is C24H25NO2. The summed E-state index contributed by atoms with van der Waals surface area (Å²) in [5.74, 6) is 1.19. The highest BCUT2D eigenvalue weighted by Gasteiger charge is 2.27. The number of ether oxygens (including phenoxy) is 1. The van der Waals surface area contributed by atoms with Crippen LogP contribution >= 0.6 is 0 Å². The fourth-order valence-electron chi connectivity index (χ4n) is 4.10. The van der Waals surface area contributed by atoms with Gasteiger partial charge in [0.2, 0.25) is 0 Å². The zero-order valence-electron chi connectivity index (χ0n) is 15.4. The first-order valence-electron chi connectivity index (χ1n) is 9.76. The largest absolute Gasteiger partial charge is 0.483 e. The summed E-state index contributed by atoms with van der Waals surface area (Å²) in [5.41, 5.74) is 1.18. The second-order valence-electron chi connectivity index (χ2n) is 7.27. The van der Waals surface area contributed by atoms with Crippen LogP contribution in [0.4, 0.5) is 0 Å². The highest BCUT2D eigenvalue weighted by molar-refractivity contribution is 5.88. The molecule has 3 heteroatoms. The lowest BCUT2D eigenvalue weighted by molar-refractivity contribution is -0.124. The lowest BCUT2D eigenvalue weighted by atomic mass is 9.91. The van der Waals surface area contributed by atoms with Crippen LogP contribution in [0.2, 0.25) is 0 Å². The minimum atomic E-state index is -0.0660. The number of hydrogen-bond donors (Lipinski definition) is 1. The molecule has 1 unspecified atom stereocenters. The van der Waals surface area contributed by atoms with Crippen LogP contribution < -0.4 is 10.1 Å². The maximum atomic E-state index is 12.7. The van der Waals surface area contributed by atoms with E-state index >= 15 is 0 Å². The Morgan fingerprint density at radius 1 is 0.926 bits per heavy atom. The summed E-state index contributed by atoms with van der Waals surface area (Å²) in [6.07, 6.45) is 4.83. The van der Waals surface area contributed by atoms with Gasteiger partial charge in [0, 0.05) is 5.39 Å². The second kappa shape index (κ2) is 8.26. The molecule has 1 fully saturated rings. The number of carbonyl (C=O) groups excluding carboxylic acids is 1. The van der Waals surface area contributed by atoms with Crippen LogP contribution in [0.5, 0.6) is 5.75 Å². The van der Waals surface area contributed by atoms with Crippen LogP contribution in [0.1, 0.15) is 37.3 Å². The molecule has 1 saturated carbocycles. The van der Waals surface area contributed by atoms with Crippen LogP contribution in [0, 0.1) is 5.92 Å². The van der Waals surface area contributed by atoms with Crippen molar-refractivity contribution in [2.45, 2.75) is 31.7 Å². The maximum absolute atomic E-state index is 12.7. The molecule has 4 rings (SSSR count). The van der Waals surface area contributed by atoms with Crippen LogP contribution in [0.25, 0.3) is 10.8 Å². The number of rotatable bonds is 6. The number of hydrogen-bond acceptors (Lipinski definition) is 2. The van der Waals surface area contributed by atoms with Gasteiger partial charge in [0.15, 0.2) is 6.61 Å². The zero-order chi connectivity index (χ0) is 18.5. The van der Waals surface area contributed by atoms with Gasteiger partial charge >= 0.3 is 0 Å². The van der Waals surface area contributed by atoms with Crippen molar-refractivity contribution in [2.75, 3.05) is 6.61 Å². The standard InChI is InChI=1S/C24H25NO2/c26-23(17-27-22-16-8-14-18-9-6-7-15-21(18)22)25-24(20-12-4-5-13-20)19-10-2-1-3-11-19/h1-3,6-11,14-16,20,24H,4-5,12-13,17H2,(H,25,26). The molecule has 138 valence electrons. The lowest BCUT2D eigenvalue weighted by Gasteiger charge is -2.25. The third kappa shape index (κ3) is 4.13. The van der Waals surface area contributed by atoms with Crippen LogP contribution in [0.3, 0.4) is 0 Å². The Morgan fingerprint density at radius 3 is 2.44 bits per heavy atom. The van der Waals surface area contributed by atoms with Crippen LogP contribution in [-0.2, 0) is 4.79 Å². The zero-order valence-corrected chi connectivity index (χ0v) is 15.4. The molecule has 0 heterocycles. The van der Waals surface area contributed by atoms with E-state index in [2.05, 4.69) is 17.4 Å². The first kappa shape index (κ1) is 17.6. The SMILES string of the molecule is O=C(COc1cccc2ccccc12)NC(c1ccccc1)C1CCCC1. The summed E-state index contributed by atoms with van der Waals surface area (Å²) in [6.45, 7) is 0.0318. The molecule has 3 aromatic carbocycles. The monoisotopic (exact) mass is 359 g/mol. The first-order chi connectivity index (χ1) is 13.3. The molecule has 1 amide bonds. The average Bonchev–Trinajstić information content (AvgIpc) is 3.25. The predicted molar refractivity (Wildman–Crippen MR) is 109 cm³/mol. The Labute approximate surface area is 160 Å². The van der Waals surface area contributed by atoms with E-state index in [0.29, 0.717) is 5.92 Å². The van der Waals surface area contributed by atoms with Crippen molar-refractivity contribution >= 4 is 16.7 Å². The highest BCUT2D eigenvalue weighted by Crippen LogP contribution is 2.35. The van der Waals surface area contributed by atoms with Crippen molar-refractivity contribution in [1.29, 1.82) is 0 Å². The summed E-state index contributed by atoms with van der Waals surface area (Å²) < 4.78 is 5.87. The summed E-state index contributed by atoms with van der Waals surface area (Å²) in [4.78, 5) is 12.7. The van der Waals surface area contributed by atoms with Crippen molar-refractivity contribution < 1.29 is 9.53 Å². The molecule has 0 bridgehead atoms. The molecule has 0 aliphatic heterocycles. The molecule has 3 nitrogen and oxygen atoms in total. The van der Waals surface area contributed by atoms with Crippen molar-refractivity contribution in [3.8, 4) is 5.75 Å². The Balaban J connectivity index is 1.45. The molecule has 1 N–H and O–H groups in total. The fraction of sp³-hybridized carbons (Fsp3) is 0.292. The minimum absolute atomic E-state index is 0.0318. The molecule has 0 aromatic heterocycles. The van der Waals surface area contributed by atoms with E-state index in [0.717, 1.165) is 16.5 Å². The number of benzene rings is 3. The van der Waals surface area contributed by atoms with Gasteiger partial charge < -0.3 is 10.1 Å². The quantitative estimate of drug-likeness (QED) is 0.651. The van der Waals surface area contributed by atoms with Gasteiger partial charge in [-0.15, -0.1) is 0 Å². The maximum Gasteiger partial charge on any atom is 0.258 e. The van der Waals surface area contributed by atoms with Gasteiger partial charge in [-0.1, -0.05) is 79.6 Å². The van der Waals surface area contributed by atoms with E-state index in [4.69, 9.17) is 4.74 Å². The molecule has 1 aliphatic carbocycles. The van der Waals surface area contributed by atoms with Gasteiger partial charge in [0.1, 0.15) is 5.75 Å². The number of nitrogens with one attached hydrogen (secondary N) is 1. The topological polar surface area (TPSA) is 38.3 Å². The van der Waals surface area contributed by atoms with E-state index in [1.807, 2.05) is 60.7 Å². The minimum Gasteiger partial charge on any atom is -0.483 e. The van der Waals surface area contributed by atoms with Gasteiger partial charge in [-0.05, 0) is 35.8 Å². The molecule has 27 heavy (non-hydrogen) atoms. The van der Waals surface area contributed by atoms with Crippen molar-refractivity contribution in [3.63, 3.8) is 0 Å². The molecule has 3 aromatic rings. The lowest BCUT2D eigenvalue weighted by Crippen LogP contribution is -2.35. The fourth-order valence-corrected chi connectivity index (χ4v) is 4.10. The number of fused-ring (bicyclic) bond motifs is 1. The Hall–Kier alpha value is -2.81. The molecule has 0 spiro atoms. The van der Waals surface area contributed by atoms with Crippen LogP contribution in [-0.4, -0.2) is 12.5 Å². The summed E-state index contributed by atoms with van der Waals surface area (Å²) in [5, 5.41) is 5.37. The summed E-state index contributed by atoms with van der Waals surface area (Å²) in [7, 11) is 0. The van der Waals surface area contributed by atoms with Crippen molar-refractivity contribution in [3.05, 3.63) is 78.4 Å². The van der Waals surface area contributed by atoms with E-state index in [9.17, 15) is 4.79 Å². The van der Waals surface area contributed by atoms with E-state index < -0.39 is 0 Å². The third-order valence-corrected chi connectivity index (χ3v) is 5.45. The predicted octanol–water partition coefficient (Wildman–Crippen LogP) is 5.27. The molecule has 0 saturated heterocycles. The van der Waals surface area contributed by atoms with Crippen LogP contribution in [0.15, 0.2) is 72.8 Å². The second-order valence-corrected chi connectivity index (χ2v) is 7.27. The molecule has 1 atom stereocenters. The van der Waals surface area contributed by atoms with Gasteiger partial charge in [-0.2, -0.15) is 0 Å². The Morgan fingerprint density at radius 2 is 1.63 bits per heavy atom. The van der Waals surface area contributed by atoms with Gasteiger partial charge in [-0.25, -0.2) is 0 Å². The van der Waals surface area contributed by atoms with E-state index in [1.54, 1.807) is 0 Å². The van der Waals surface area contributed by atoms with Gasteiger partial charge in [-0.3, -0.25) is 4.79 Å². The normalized spacial score (nSPS) is 15.6. The summed E-state index contributed by atoms with van der Waals surface area (Å²) >= 11 is 0. The molecule has 0 radical (unpaired) electrons. The number of carbonyl (C=O) groups is 1. The summed E-state index contributed by atoms with van der Waals surface area (Å²) in [6, 6.07) is 24.4. The molecular weight excluding hydrogens is 334 g/mol. The average molecular weight is 359 g/mol. The third-order valence-electron chi connectivity index (χ3n) is 5.45. The first-order valence-corrected chi connectivity index (χ1v) is 9.76. The van der Waals surface area contributed by atoms with Crippen molar-refractivity contribution in [1.82, 2.24) is 5.32 Å². The number of amides is 1. The molecule has 1 aliphatic rings. The van der Waals surface area contributed by atoms with Crippen molar-refractivity contribution in [2.24, 2.45) is 5.92 Å².